The van der Waals surface area contributed by atoms with Gasteiger partial charge in [0.1, 0.15) is 5.82 Å². The molecule has 1 heterocycles. The molecule has 1 aromatic carbocycles. The summed E-state index contributed by atoms with van der Waals surface area (Å²) < 4.78 is 32.4. The minimum absolute atomic E-state index is 0.0140. The van der Waals surface area contributed by atoms with E-state index < -0.39 is 23.0 Å². The van der Waals surface area contributed by atoms with Gasteiger partial charge in [0.2, 0.25) is 0 Å². The van der Waals surface area contributed by atoms with Crippen LogP contribution >= 0.6 is 0 Å². The molecule has 1 aliphatic rings. The summed E-state index contributed by atoms with van der Waals surface area (Å²) in [5.41, 5.74) is -0.396. The van der Waals surface area contributed by atoms with Gasteiger partial charge in [-0.05, 0) is 25.8 Å². The zero-order valence-corrected chi connectivity index (χ0v) is 10.2. The highest BCUT2D eigenvalue weighted by Crippen LogP contribution is 2.36. The Morgan fingerprint density at radius 2 is 2.11 bits per heavy atom. The fourth-order valence-corrected chi connectivity index (χ4v) is 2.07. The molecule has 5 heteroatoms. The van der Waals surface area contributed by atoms with Gasteiger partial charge in [0.15, 0.2) is 11.6 Å². The zero-order chi connectivity index (χ0) is 13.5. The Labute approximate surface area is 103 Å². The third kappa shape index (κ3) is 2.05. The molecule has 0 atom stereocenters. The number of hydrogen-bond acceptors (Lipinski definition) is 2. The Balaban J connectivity index is 2.46. The molecule has 3 nitrogen and oxygen atoms in total. The average molecular weight is 256 g/mol. The maximum atomic E-state index is 13.8. The molecule has 0 unspecified atom stereocenters. The number of carboxylic acids is 1. The van der Waals surface area contributed by atoms with E-state index in [1.54, 1.807) is 0 Å². The van der Waals surface area contributed by atoms with Gasteiger partial charge in [0, 0.05) is 18.1 Å². The molecule has 0 spiro atoms. The maximum absolute atomic E-state index is 13.8. The monoisotopic (exact) mass is 256 g/mol. The second-order valence-corrected chi connectivity index (χ2v) is 5.09. The highest BCUT2D eigenvalue weighted by atomic mass is 19.1. The fourth-order valence-electron chi connectivity index (χ4n) is 2.07. The van der Waals surface area contributed by atoms with Crippen molar-refractivity contribution in [2.24, 2.45) is 5.41 Å². The molecule has 0 fully saturated rings. The molecule has 2 rings (SSSR count). The summed E-state index contributed by atoms with van der Waals surface area (Å²) >= 11 is 0. The summed E-state index contributed by atoms with van der Waals surface area (Å²) in [4.78, 5) is 11.1. The summed E-state index contributed by atoms with van der Waals surface area (Å²) in [6.07, 6.45) is 0.426. The molecule has 18 heavy (non-hydrogen) atoms. The molecule has 0 aliphatic carbocycles. The van der Waals surface area contributed by atoms with Gasteiger partial charge >= 0.3 is 5.97 Å². The largest absolute Gasteiger partial charge is 0.490 e. The lowest BCUT2D eigenvalue weighted by atomic mass is 9.83. The van der Waals surface area contributed by atoms with Gasteiger partial charge in [0.25, 0.3) is 0 Å². The normalized spacial score (nSPS) is 14.2. The third-order valence-corrected chi connectivity index (χ3v) is 3.19. The predicted molar refractivity (Wildman–Crippen MR) is 60.7 cm³/mol. The Kier molecular flexibility index (Phi) is 3.00. The molecule has 1 N–H and O–H groups in total. The van der Waals surface area contributed by atoms with Gasteiger partial charge in [-0.3, -0.25) is 4.79 Å². The Morgan fingerprint density at radius 3 is 2.72 bits per heavy atom. The second kappa shape index (κ2) is 4.23. The van der Waals surface area contributed by atoms with Crippen molar-refractivity contribution >= 4 is 5.97 Å². The van der Waals surface area contributed by atoms with Crippen LogP contribution in [-0.4, -0.2) is 17.7 Å². The predicted octanol–water partition coefficient (Wildman–Crippen LogP) is 2.55. The Morgan fingerprint density at radius 1 is 1.44 bits per heavy atom. The van der Waals surface area contributed by atoms with E-state index in [0.717, 1.165) is 6.07 Å². The summed E-state index contributed by atoms with van der Waals surface area (Å²) in [6.45, 7) is 3.33. The molecule has 0 saturated carbocycles. The lowest BCUT2D eigenvalue weighted by Gasteiger charge is -2.21. The van der Waals surface area contributed by atoms with Crippen molar-refractivity contribution in [3.63, 3.8) is 0 Å². The van der Waals surface area contributed by atoms with E-state index in [9.17, 15) is 13.6 Å². The zero-order valence-electron chi connectivity index (χ0n) is 10.2. The van der Waals surface area contributed by atoms with Crippen molar-refractivity contribution in [2.45, 2.75) is 26.7 Å². The first-order valence-corrected chi connectivity index (χ1v) is 5.69. The van der Waals surface area contributed by atoms with Crippen molar-refractivity contribution in [3.8, 4) is 5.75 Å². The molecule has 0 amide bonds. The van der Waals surface area contributed by atoms with Gasteiger partial charge in [-0.1, -0.05) is 0 Å². The summed E-state index contributed by atoms with van der Waals surface area (Å²) in [7, 11) is 0. The van der Waals surface area contributed by atoms with Crippen LogP contribution in [0.3, 0.4) is 0 Å². The van der Waals surface area contributed by atoms with Crippen molar-refractivity contribution < 1.29 is 23.4 Å². The van der Waals surface area contributed by atoms with E-state index in [-0.39, 0.29) is 17.7 Å². The molecule has 98 valence electrons. The van der Waals surface area contributed by atoms with Crippen LogP contribution in [0.15, 0.2) is 6.07 Å². The Bertz CT molecular complexity index is 509. The third-order valence-electron chi connectivity index (χ3n) is 3.19. The first-order valence-electron chi connectivity index (χ1n) is 5.69. The molecule has 1 aromatic rings. The SMILES string of the molecule is CC(C)(Cc1c(F)cc(F)c2c1CCO2)C(=O)O. The highest BCUT2D eigenvalue weighted by molar-refractivity contribution is 5.74. The van der Waals surface area contributed by atoms with Gasteiger partial charge in [-0.2, -0.15) is 0 Å². The van der Waals surface area contributed by atoms with Crippen LogP contribution < -0.4 is 4.74 Å². The average Bonchev–Trinajstić information content (AvgIpc) is 2.73. The smallest absolute Gasteiger partial charge is 0.309 e. The fraction of sp³-hybridized carbons (Fsp3) is 0.462. The standard InChI is InChI=1S/C13H14F2O3/c1-13(2,12(16)17)6-8-7-3-4-18-11(7)10(15)5-9(8)14/h5H,3-4,6H2,1-2H3,(H,16,17). The Hall–Kier alpha value is -1.65. The lowest BCUT2D eigenvalue weighted by Crippen LogP contribution is -2.27. The van der Waals surface area contributed by atoms with Gasteiger partial charge in [0.05, 0.1) is 12.0 Å². The van der Waals surface area contributed by atoms with Crippen molar-refractivity contribution in [2.75, 3.05) is 6.61 Å². The molecule has 0 saturated heterocycles. The van der Waals surface area contributed by atoms with Crippen molar-refractivity contribution in [1.82, 2.24) is 0 Å². The van der Waals surface area contributed by atoms with Crippen molar-refractivity contribution in [1.29, 1.82) is 0 Å². The van der Waals surface area contributed by atoms with Gasteiger partial charge in [-0.15, -0.1) is 0 Å². The number of halogens is 2. The number of benzene rings is 1. The number of hydrogen-bond donors (Lipinski definition) is 1. The van der Waals surface area contributed by atoms with E-state index in [0.29, 0.717) is 18.6 Å². The topological polar surface area (TPSA) is 46.5 Å². The molecule has 1 aliphatic heterocycles. The number of rotatable bonds is 3. The quantitative estimate of drug-likeness (QED) is 0.904. The van der Waals surface area contributed by atoms with Crippen LogP contribution in [0.2, 0.25) is 0 Å². The first kappa shape index (κ1) is 12.8. The van der Waals surface area contributed by atoms with E-state index in [2.05, 4.69) is 0 Å². The van der Waals surface area contributed by atoms with Crippen LogP contribution in [0.4, 0.5) is 8.78 Å². The highest BCUT2D eigenvalue weighted by Gasteiger charge is 2.32. The lowest BCUT2D eigenvalue weighted by molar-refractivity contribution is -0.146. The number of carbonyl (C=O) groups is 1. The molecule has 0 aromatic heterocycles. The van der Waals surface area contributed by atoms with E-state index in [1.165, 1.54) is 13.8 Å². The molecular weight excluding hydrogens is 242 g/mol. The molecular formula is C13H14F2O3. The minimum atomic E-state index is -1.10. The molecule has 0 radical (unpaired) electrons. The van der Waals surface area contributed by atoms with Crippen LogP contribution in [0.25, 0.3) is 0 Å². The minimum Gasteiger partial charge on any atom is -0.490 e. The van der Waals surface area contributed by atoms with Gasteiger partial charge < -0.3 is 9.84 Å². The van der Waals surface area contributed by atoms with E-state index in [1.807, 2.05) is 0 Å². The summed E-state index contributed by atoms with van der Waals surface area (Å²) in [5, 5.41) is 9.07. The van der Waals surface area contributed by atoms with E-state index in [4.69, 9.17) is 9.84 Å². The summed E-state index contributed by atoms with van der Waals surface area (Å²) in [6, 6.07) is 0.761. The molecule has 0 bridgehead atoms. The van der Waals surface area contributed by atoms with E-state index >= 15 is 0 Å². The van der Waals surface area contributed by atoms with Crippen LogP contribution in [0, 0.1) is 17.0 Å². The number of aliphatic carboxylic acids is 1. The number of ether oxygens (including phenoxy) is 1. The maximum Gasteiger partial charge on any atom is 0.309 e. The van der Waals surface area contributed by atoms with Gasteiger partial charge in [-0.25, -0.2) is 8.78 Å². The first-order chi connectivity index (χ1) is 8.33. The number of fused-ring (bicyclic) bond motifs is 1. The van der Waals surface area contributed by atoms with Crippen molar-refractivity contribution in [3.05, 3.63) is 28.8 Å². The second-order valence-electron chi connectivity index (χ2n) is 5.09. The van der Waals surface area contributed by atoms with Crippen LogP contribution in [-0.2, 0) is 17.6 Å². The van der Waals surface area contributed by atoms with Crippen LogP contribution in [0.1, 0.15) is 25.0 Å². The number of carboxylic acid groups (broad SMARTS) is 1. The summed E-state index contributed by atoms with van der Waals surface area (Å²) in [5.74, 6) is -2.38. The van der Waals surface area contributed by atoms with Crippen LogP contribution in [0.5, 0.6) is 5.75 Å².